The van der Waals surface area contributed by atoms with Crippen molar-refractivity contribution in [2.45, 2.75) is 11.3 Å². The third kappa shape index (κ3) is 4.53. The van der Waals surface area contributed by atoms with E-state index in [-0.39, 0.29) is 23.4 Å². The van der Waals surface area contributed by atoms with Crippen molar-refractivity contribution in [2.24, 2.45) is 5.41 Å². The van der Waals surface area contributed by atoms with Gasteiger partial charge in [0.15, 0.2) is 4.34 Å². The van der Waals surface area contributed by atoms with Crippen molar-refractivity contribution in [3.05, 3.63) is 30.1 Å². The van der Waals surface area contributed by atoms with Crippen LogP contribution in [0.2, 0.25) is 0 Å². The number of carbonyl (C=O) groups excluding carboxylic acids is 2. The first kappa shape index (κ1) is 17.8. The van der Waals surface area contributed by atoms with Crippen LogP contribution in [0.25, 0.3) is 0 Å². The Kier molecular flexibility index (Phi) is 5.30. The maximum Gasteiger partial charge on any atom is 0.236 e. The van der Waals surface area contributed by atoms with E-state index in [1.54, 1.807) is 0 Å². The Morgan fingerprint density at radius 1 is 1.28 bits per heavy atom. The van der Waals surface area contributed by atoms with E-state index in [4.69, 9.17) is 4.74 Å². The second-order valence-corrected chi connectivity index (χ2v) is 7.92. The zero-order valence-corrected chi connectivity index (χ0v) is 14.9. The number of rotatable bonds is 6. The molecule has 0 bridgehead atoms. The number of aromatic nitrogens is 2. The molecule has 0 aliphatic carbocycles. The van der Waals surface area contributed by atoms with Crippen LogP contribution in [0, 0.1) is 11.2 Å². The molecule has 1 aliphatic rings. The summed E-state index contributed by atoms with van der Waals surface area (Å²) in [6, 6.07) is 5.52. The number of hydrogen-bond acceptors (Lipinski definition) is 7. The predicted octanol–water partition coefficient (Wildman–Crippen LogP) is 2.38. The molecule has 10 heteroatoms. The van der Waals surface area contributed by atoms with Gasteiger partial charge in [-0.15, -0.1) is 10.2 Å². The summed E-state index contributed by atoms with van der Waals surface area (Å²) < 4.78 is 18.4. The third-order valence-electron chi connectivity index (χ3n) is 3.47. The van der Waals surface area contributed by atoms with Crippen LogP contribution in [-0.4, -0.2) is 41.0 Å². The number of halogens is 1. The standard InChI is InChI=1S/C15H15FN4O3S2/c1-15(7-23-8-15)12(22)18-13-19-20-14(25-13)24-6-11(21)17-10-4-2-9(16)3-5-10/h2-5H,6-8H2,1H3,(H,17,21)(H,18,19,22). The Morgan fingerprint density at radius 3 is 2.64 bits per heavy atom. The fourth-order valence-corrected chi connectivity index (χ4v) is 3.51. The highest BCUT2D eigenvalue weighted by molar-refractivity contribution is 8.01. The van der Waals surface area contributed by atoms with Crippen molar-refractivity contribution in [3.8, 4) is 0 Å². The number of amides is 2. The molecule has 1 fully saturated rings. The molecule has 1 aromatic heterocycles. The molecule has 0 spiro atoms. The van der Waals surface area contributed by atoms with Crippen LogP contribution < -0.4 is 10.6 Å². The number of benzene rings is 1. The highest BCUT2D eigenvalue weighted by atomic mass is 32.2. The molecule has 0 saturated carbocycles. The molecule has 0 atom stereocenters. The smallest absolute Gasteiger partial charge is 0.236 e. The van der Waals surface area contributed by atoms with E-state index in [2.05, 4.69) is 20.8 Å². The molecule has 132 valence electrons. The van der Waals surface area contributed by atoms with Gasteiger partial charge in [-0.25, -0.2) is 4.39 Å². The normalized spacial score (nSPS) is 15.3. The number of thioether (sulfide) groups is 1. The molecular formula is C15H15FN4O3S2. The summed E-state index contributed by atoms with van der Waals surface area (Å²) in [6.07, 6.45) is 0. The number of carbonyl (C=O) groups is 2. The summed E-state index contributed by atoms with van der Waals surface area (Å²) in [4.78, 5) is 23.9. The fraction of sp³-hybridized carbons (Fsp3) is 0.333. The Labute approximate surface area is 151 Å². The maximum atomic E-state index is 12.8. The quantitative estimate of drug-likeness (QED) is 0.589. The van der Waals surface area contributed by atoms with Crippen molar-refractivity contribution >= 4 is 45.7 Å². The Morgan fingerprint density at radius 2 is 2.00 bits per heavy atom. The molecule has 7 nitrogen and oxygen atoms in total. The molecule has 2 heterocycles. The predicted molar refractivity (Wildman–Crippen MR) is 93.2 cm³/mol. The Hall–Kier alpha value is -2.04. The van der Waals surface area contributed by atoms with Gasteiger partial charge in [0.2, 0.25) is 16.9 Å². The van der Waals surface area contributed by atoms with Gasteiger partial charge in [0.05, 0.1) is 24.4 Å². The summed E-state index contributed by atoms with van der Waals surface area (Å²) in [5.74, 6) is -0.624. The number of nitrogens with zero attached hydrogens (tertiary/aromatic N) is 2. The molecular weight excluding hydrogens is 367 g/mol. The zero-order chi connectivity index (χ0) is 17.9. The van der Waals surface area contributed by atoms with Crippen LogP contribution in [0.15, 0.2) is 28.6 Å². The summed E-state index contributed by atoms with van der Waals surface area (Å²) in [5, 5.41) is 13.6. The van der Waals surface area contributed by atoms with E-state index in [0.717, 1.165) is 0 Å². The van der Waals surface area contributed by atoms with Crippen molar-refractivity contribution in [1.82, 2.24) is 10.2 Å². The molecule has 0 radical (unpaired) electrons. The molecule has 3 rings (SSSR count). The molecule has 0 unspecified atom stereocenters. The van der Waals surface area contributed by atoms with Gasteiger partial charge in [0, 0.05) is 5.69 Å². The van der Waals surface area contributed by atoms with Gasteiger partial charge in [-0.3, -0.25) is 14.9 Å². The van der Waals surface area contributed by atoms with Gasteiger partial charge in [-0.1, -0.05) is 23.1 Å². The Bertz CT molecular complexity index is 777. The number of hydrogen-bond donors (Lipinski definition) is 2. The zero-order valence-electron chi connectivity index (χ0n) is 13.2. The largest absolute Gasteiger partial charge is 0.379 e. The SMILES string of the molecule is CC1(C(=O)Nc2nnc(SCC(=O)Nc3ccc(F)cc3)s2)COC1. The monoisotopic (exact) mass is 382 g/mol. The second kappa shape index (κ2) is 7.46. The minimum Gasteiger partial charge on any atom is -0.379 e. The van der Waals surface area contributed by atoms with E-state index >= 15 is 0 Å². The van der Waals surface area contributed by atoms with E-state index in [1.807, 2.05) is 6.92 Å². The summed E-state index contributed by atoms with van der Waals surface area (Å²) in [7, 11) is 0. The lowest BCUT2D eigenvalue weighted by atomic mass is 9.88. The first-order valence-corrected chi connectivity index (χ1v) is 9.16. The lowest BCUT2D eigenvalue weighted by molar-refractivity contribution is -0.151. The van der Waals surface area contributed by atoms with Crippen LogP contribution >= 0.6 is 23.1 Å². The Balaban J connectivity index is 1.47. The van der Waals surface area contributed by atoms with Gasteiger partial charge >= 0.3 is 0 Å². The molecule has 1 aliphatic heterocycles. The average Bonchev–Trinajstić information content (AvgIpc) is 3.00. The first-order valence-electron chi connectivity index (χ1n) is 7.35. The minimum atomic E-state index is -0.520. The molecule has 25 heavy (non-hydrogen) atoms. The van der Waals surface area contributed by atoms with Gasteiger partial charge in [0.1, 0.15) is 5.82 Å². The second-order valence-electron chi connectivity index (χ2n) is 5.72. The topological polar surface area (TPSA) is 93.2 Å². The lowest BCUT2D eigenvalue weighted by Gasteiger charge is -2.35. The molecule has 2 aromatic rings. The number of nitrogens with one attached hydrogen (secondary N) is 2. The highest BCUT2D eigenvalue weighted by Gasteiger charge is 2.41. The van der Waals surface area contributed by atoms with Crippen LogP contribution in [0.3, 0.4) is 0 Å². The van der Waals surface area contributed by atoms with Gasteiger partial charge in [0.25, 0.3) is 0 Å². The molecule has 1 saturated heterocycles. The van der Waals surface area contributed by atoms with Crippen molar-refractivity contribution in [1.29, 1.82) is 0 Å². The molecule has 2 N–H and O–H groups in total. The van der Waals surface area contributed by atoms with E-state index in [0.29, 0.717) is 28.4 Å². The first-order chi connectivity index (χ1) is 11.9. The van der Waals surface area contributed by atoms with Crippen molar-refractivity contribution < 1.29 is 18.7 Å². The van der Waals surface area contributed by atoms with Crippen molar-refractivity contribution in [2.75, 3.05) is 29.6 Å². The van der Waals surface area contributed by atoms with E-state index in [9.17, 15) is 14.0 Å². The lowest BCUT2D eigenvalue weighted by Crippen LogP contribution is -2.49. The van der Waals surface area contributed by atoms with Gasteiger partial charge < -0.3 is 10.1 Å². The third-order valence-corrected chi connectivity index (χ3v) is 5.44. The molecule has 1 aromatic carbocycles. The maximum absolute atomic E-state index is 12.8. The van der Waals surface area contributed by atoms with E-state index in [1.165, 1.54) is 47.4 Å². The van der Waals surface area contributed by atoms with Crippen molar-refractivity contribution in [3.63, 3.8) is 0 Å². The number of ether oxygens (including phenoxy) is 1. The van der Waals surface area contributed by atoms with Gasteiger partial charge in [-0.05, 0) is 31.2 Å². The van der Waals surface area contributed by atoms with Crippen LogP contribution in [0.5, 0.6) is 0 Å². The fourth-order valence-electron chi connectivity index (χ4n) is 1.96. The van der Waals surface area contributed by atoms with Crippen LogP contribution in [0.4, 0.5) is 15.2 Å². The summed E-state index contributed by atoms with van der Waals surface area (Å²) in [5.41, 5.74) is 0.00164. The highest BCUT2D eigenvalue weighted by Crippen LogP contribution is 2.30. The summed E-state index contributed by atoms with van der Waals surface area (Å²) in [6.45, 7) is 2.61. The average molecular weight is 382 g/mol. The molecule has 2 amide bonds. The number of anilines is 2. The minimum absolute atomic E-state index is 0.130. The van der Waals surface area contributed by atoms with E-state index < -0.39 is 5.41 Å². The van der Waals surface area contributed by atoms with Gasteiger partial charge in [-0.2, -0.15) is 0 Å². The summed E-state index contributed by atoms with van der Waals surface area (Å²) >= 11 is 2.41. The van der Waals surface area contributed by atoms with Crippen LogP contribution in [-0.2, 0) is 14.3 Å². The van der Waals surface area contributed by atoms with Crippen LogP contribution in [0.1, 0.15) is 6.92 Å².